The molecule has 2 aromatic rings. The van der Waals surface area contributed by atoms with Crippen molar-refractivity contribution in [1.29, 1.82) is 5.26 Å². The number of aryl methyl sites for hydroxylation is 1. The number of H-pyrrole nitrogens is 1. The maximum atomic E-state index is 8.83. The van der Waals surface area contributed by atoms with Crippen molar-refractivity contribution in [3.05, 3.63) is 29.6 Å². The molecule has 0 unspecified atom stereocenters. The zero-order valence-electron chi connectivity index (χ0n) is 6.63. The van der Waals surface area contributed by atoms with Gasteiger partial charge in [-0.05, 0) is 18.6 Å². The highest BCUT2D eigenvalue weighted by Gasteiger charge is 2.04. The fourth-order valence-electron chi connectivity index (χ4n) is 1.25. The van der Waals surface area contributed by atoms with E-state index in [-0.39, 0.29) is 0 Å². The Balaban J connectivity index is 2.94. The van der Waals surface area contributed by atoms with Crippen molar-refractivity contribution in [1.82, 2.24) is 9.97 Å². The molecule has 0 aliphatic rings. The Labute approximate surface area is 69.7 Å². The average molecular weight is 157 g/mol. The summed E-state index contributed by atoms with van der Waals surface area (Å²) in [4.78, 5) is 7.03. The molecule has 2 rings (SSSR count). The smallest absolute Gasteiger partial charge is 0.106 e. The van der Waals surface area contributed by atoms with Crippen LogP contribution in [0.25, 0.3) is 11.0 Å². The number of hydrogen-bond donors (Lipinski definition) is 1. The Morgan fingerprint density at radius 2 is 2.33 bits per heavy atom. The summed E-state index contributed by atoms with van der Waals surface area (Å²) in [7, 11) is 0. The maximum absolute atomic E-state index is 8.83. The minimum atomic E-state index is 0.661. The van der Waals surface area contributed by atoms with Gasteiger partial charge in [0.1, 0.15) is 11.6 Å². The Bertz CT molecular complexity index is 462. The van der Waals surface area contributed by atoms with E-state index in [1.54, 1.807) is 6.33 Å². The van der Waals surface area contributed by atoms with E-state index in [9.17, 15) is 0 Å². The molecule has 0 aliphatic carbocycles. The van der Waals surface area contributed by atoms with Gasteiger partial charge in [0.15, 0.2) is 0 Å². The Morgan fingerprint density at radius 3 is 3.08 bits per heavy atom. The number of aromatic nitrogens is 2. The summed E-state index contributed by atoms with van der Waals surface area (Å²) in [5, 5.41) is 8.83. The van der Waals surface area contributed by atoms with Crippen LogP contribution in [-0.2, 0) is 0 Å². The average Bonchev–Trinajstić information content (AvgIpc) is 2.52. The van der Waals surface area contributed by atoms with E-state index in [1.807, 2.05) is 19.1 Å². The predicted octanol–water partition coefficient (Wildman–Crippen LogP) is 1.74. The highest BCUT2D eigenvalue weighted by atomic mass is 14.9. The zero-order chi connectivity index (χ0) is 8.55. The Hall–Kier alpha value is -1.82. The van der Waals surface area contributed by atoms with E-state index < -0.39 is 0 Å². The lowest BCUT2D eigenvalue weighted by Crippen LogP contribution is -1.83. The van der Waals surface area contributed by atoms with E-state index in [0.717, 1.165) is 16.6 Å². The molecule has 1 aromatic heterocycles. The van der Waals surface area contributed by atoms with Gasteiger partial charge < -0.3 is 4.98 Å². The number of benzene rings is 1. The zero-order valence-corrected chi connectivity index (χ0v) is 6.63. The van der Waals surface area contributed by atoms with Gasteiger partial charge in [0.05, 0.1) is 17.4 Å². The number of nitrogens with one attached hydrogen (secondary N) is 1. The third kappa shape index (κ3) is 0.785. The maximum Gasteiger partial charge on any atom is 0.106 e. The van der Waals surface area contributed by atoms with Gasteiger partial charge in [-0.3, -0.25) is 0 Å². The van der Waals surface area contributed by atoms with Crippen LogP contribution in [0, 0.1) is 18.3 Å². The normalized spacial score (nSPS) is 10.0. The molecule has 0 spiro atoms. The summed E-state index contributed by atoms with van der Waals surface area (Å²) in [6, 6.07) is 5.99. The first kappa shape index (κ1) is 6.86. The monoisotopic (exact) mass is 157 g/mol. The first-order chi connectivity index (χ1) is 5.83. The van der Waals surface area contributed by atoms with E-state index in [4.69, 9.17) is 5.26 Å². The van der Waals surface area contributed by atoms with Gasteiger partial charge in [0, 0.05) is 0 Å². The van der Waals surface area contributed by atoms with Gasteiger partial charge in [0.25, 0.3) is 0 Å². The molecule has 1 aromatic carbocycles. The minimum Gasteiger partial charge on any atom is -0.345 e. The number of imidazole rings is 1. The van der Waals surface area contributed by atoms with Crippen molar-refractivity contribution in [2.75, 3.05) is 0 Å². The molecule has 0 atom stereocenters. The van der Waals surface area contributed by atoms with Gasteiger partial charge in [-0.2, -0.15) is 5.26 Å². The molecule has 0 fully saturated rings. The van der Waals surface area contributed by atoms with Crippen molar-refractivity contribution < 1.29 is 0 Å². The van der Waals surface area contributed by atoms with E-state index >= 15 is 0 Å². The van der Waals surface area contributed by atoms with Crippen molar-refractivity contribution in [3.8, 4) is 6.07 Å². The number of hydrogen-bond acceptors (Lipinski definition) is 2. The van der Waals surface area contributed by atoms with Gasteiger partial charge in [-0.25, -0.2) is 4.98 Å². The standard InChI is InChI=1S/C9H7N3/c1-6-2-3-8-9(7(6)4-10)12-5-11-8/h2-3,5H,1H3,(H,11,12). The molecule has 0 saturated heterocycles. The lowest BCUT2D eigenvalue weighted by molar-refractivity contribution is 1.34. The van der Waals surface area contributed by atoms with Crippen LogP contribution in [0.1, 0.15) is 11.1 Å². The number of fused-ring (bicyclic) bond motifs is 1. The molecule has 0 amide bonds. The van der Waals surface area contributed by atoms with Crippen LogP contribution >= 0.6 is 0 Å². The second-order valence-corrected chi connectivity index (χ2v) is 2.67. The van der Waals surface area contributed by atoms with E-state index in [2.05, 4.69) is 16.0 Å². The van der Waals surface area contributed by atoms with E-state index in [1.165, 1.54) is 0 Å². The van der Waals surface area contributed by atoms with Crippen LogP contribution in [0.4, 0.5) is 0 Å². The third-order valence-electron chi connectivity index (χ3n) is 1.91. The van der Waals surface area contributed by atoms with Crippen LogP contribution in [0.5, 0.6) is 0 Å². The lowest BCUT2D eigenvalue weighted by atomic mass is 10.1. The number of nitriles is 1. The summed E-state index contributed by atoms with van der Waals surface area (Å²) >= 11 is 0. The molecule has 0 bridgehead atoms. The quantitative estimate of drug-likeness (QED) is 0.633. The molecule has 1 heterocycles. The second kappa shape index (κ2) is 2.35. The molecule has 0 radical (unpaired) electrons. The van der Waals surface area contributed by atoms with Crippen molar-refractivity contribution >= 4 is 11.0 Å². The van der Waals surface area contributed by atoms with Crippen LogP contribution in [0.3, 0.4) is 0 Å². The number of nitrogens with zero attached hydrogens (tertiary/aromatic N) is 2. The highest BCUT2D eigenvalue weighted by molar-refractivity contribution is 5.82. The van der Waals surface area contributed by atoms with Crippen molar-refractivity contribution in [2.24, 2.45) is 0 Å². The minimum absolute atomic E-state index is 0.661. The molecule has 3 nitrogen and oxygen atoms in total. The van der Waals surface area contributed by atoms with Crippen LogP contribution in [-0.4, -0.2) is 9.97 Å². The first-order valence-corrected chi connectivity index (χ1v) is 3.65. The topological polar surface area (TPSA) is 52.5 Å². The molecule has 12 heavy (non-hydrogen) atoms. The summed E-state index contributed by atoms with van der Waals surface area (Å²) in [6.45, 7) is 1.91. The van der Waals surface area contributed by atoms with Crippen LogP contribution in [0.15, 0.2) is 18.5 Å². The third-order valence-corrected chi connectivity index (χ3v) is 1.91. The van der Waals surface area contributed by atoms with Gasteiger partial charge in [-0.15, -0.1) is 0 Å². The van der Waals surface area contributed by atoms with Gasteiger partial charge >= 0.3 is 0 Å². The summed E-state index contributed by atoms with van der Waals surface area (Å²) < 4.78 is 0. The molecular weight excluding hydrogens is 150 g/mol. The molecular formula is C9H7N3. The first-order valence-electron chi connectivity index (χ1n) is 3.65. The van der Waals surface area contributed by atoms with Crippen LogP contribution in [0.2, 0.25) is 0 Å². The van der Waals surface area contributed by atoms with Gasteiger partial charge in [-0.1, -0.05) is 6.07 Å². The Kier molecular flexibility index (Phi) is 1.34. The van der Waals surface area contributed by atoms with Crippen LogP contribution < -0.4 is 0 Å². The lowest BCUT2D eigenvalue weighted by Gasteiger charge is -1.95. The summed E-state index contributed by atoms with van der Waals surface area (Å²) in [6.07, 6.45) is 1.60. The molecule has 1 N–H and O–H groups in total. The molecule has 0 aliphatic heterocycles. The predicted molar refractivity (Wildman–Crippen MR) is 45.5 cm³/mol. The molecule has 0 saturated carbocycles. The summed E-state index contributed by atoms with van der Waals surface area (Å²) in [5.74, 6) is 0. The fraction of sp³-hybridized carbons (Fsp3) is 0.111. The number of rotatable bonds is 0. The highest BCUT2D eigenvalue weighted by Crippen LogP contribution is 2.17. The van der Waals surface area contributed by atoms with Crippen molar-refractivity contribution in [2.45, 2.75) is 6.92 Å². The SMILES string of the molecule is Cc1ccc2[nH]cnc2c1C#N. The molecule has 3 heteroatoms. The number of aromatic amines is 1. The second-order valence-electron chi connectivity index (χ2n) is 2.67. The van der Waals surface area contributed by atoms with Gasteiger partial charge in [0.2, 0.25) is 0 Å². The fourth-order valence-corrected chi connectivity index (χ4v) is 1.25. The van der Waals surface area contributed by atoms with E-state index in [0.29, 0.717) is 5.56 Å². The summed E-state index contributed by atoms with van der Waals surface area (Å²) in [5.41, 5.74) is 3.31. The Morgan fingerprint density at radius 1 is 1.50 bits per heavy atom. The largest absolute Gasteiger partial charge is 0.345 e. The van der Waals surface area contributed by atoms with Crippen molar-refractivity contribution in [3.63, 3.8) is 0 Å². The molecule has 58 valence electrons.